The summed E-state index contributed by atoms with van der Waals surface area (Å²) >= 11 is 8.04. The lowest BCUT2D eigenvalue weighted by Crippen LogP contribution is -2.22. The van der Waals surface area contributed by atoms with Crippen molar-refractivity contribution in [2.24, 2.45) is 0 Å². The average molecular weight is 281 g/mol. The number of hydrogen-bond acceptors (Lipinski definition) is 3. The van der Waals surface area contributed by atoms with Crippen LogP contribution in [0.3, 0.4) is 0 Å². The van der Waals surface area contributed by atoms with Gasteiger partial charge in [0.25, 0.3) is 0 Å². The summed E-state index contributed by atoms with van der Waals surface area (Å²) in [6.07, 6.45) is 3.94. The standard InChI is InChI=1S/C14H17ClN2S/c1-10(18-2)8-16-9-11-5-6-13(15)12-4-3-7-17-14(11)12/h3-7,10,16H,8-9H2,1-2H3. The number of thioether (sulfide) groups is 1. The molecule has 96 valence electrons. The highest BCUT2D eigenvalue weighted by Gasteiger charge is 2.06. The molecule has 0 radical (unpaired) electrons. The van der Waals surface area contributed by atoms with Crippen molar-refractivity contribution in [1.29, 1.82) is 0 Å². The van der Waals surface area contributed by atoms with Crippen molar-refractivity contribution >= 4 is 34.3 Å². The molecule has 1 aromatic carbocycles. The molecule has 2 rings (SSSR count). The van der Waals surface area contributed by atoms with Crippen LogP contribution in [0.15, 0.2) is 30.5 Å². The van der Waals surface area contributed by atoms with Crippen LogP contribution in [0.5, 0.6) is 0 Å². The van der Waals surface area contributed by atoms with Crippen LogP contribution in [0.2, 0.25) is 5.02 Å². The fourth-order valence-corrected chi connectivity index (χ4v) is 2.33. The largest absolute Gasteiger partial charge is 0.312 e. The van der Waals surface area contributed by atoms with E-state index in [1.165, 1.54) is 5.56 Å². The highest BCUT2D eigenvalue weighted by Crippen LogP contribution is 2.24. The van der Waals surface area contributed by atoms with Gasteiger partial charge in [0.2, 0.25) is 0 Å². The number of hydrogen-bond donors (Lipinski definition) is 1. The van der Waals surface area contributed by atoms with Gasteiger partial charge < -0.3 is 5.32 Å². The van der Waals surface area contributed by atoms with E-state index in [0.717, 1.165) is 29.0 Å². The van der Waals surface area contributed by atoms with Gasteiger partial charge in [-0.05, 0) is 30.0 Å². The number of halogens is 1. The van der Waals surface area contributed by atoms with E-state index < -0.39 is 0 Å². The normalized spacial score (nSPS) is 12.8. The van der Waals surface area contributed by atoms with E-state index in [1.54, 1.807) is 0 Å². The van der Waals surface area contributed by atoms with Crippen LogP contribution >= 0.6 is 23.4 Å². The highest BCUT2D eigenvalue weighted by atomic mass is 35.5. The van der Waals surface area contributed by atoms with Crippen LogP contribution < -0.4 is 5.32 Å². The zero-order valence-corrected chi connectivity index (χ0v) is 12.2. The first-order valence-corrected chi connectivity index (χ1v) is 7.64. The summed E-state index contributed by atoms with van der Waals surface area (Å²) in [4.78, 5) is 4.43. The SMILES string of the molecule is CSC(C)CNCc1ccc(Cl)c2cccnc12. The summed E-state index contributed by atoms with van der Waals surface area (Å²) < 4.78 is 0. The number of aromatic nitrogens is 1. The first-order valence-electron chi connectivity index (χ1n) is 5.98. The van der Waals surface area contributed by atoms with E-state index in [4.69, 9.17) is 11.6 Å². The molecule has 1 unspecified atom stereocenters. The van der Waals surface area contributed by atoms with Crippen LogP contribution in [0.4, 0.5) is 0 Å². The first kappa shape index (κ1) is 13.7. The van der Waals surface area contributed by atoms with Crippen molar-refractivity contribution < 1.29 is 0 Å². The molecule has 0 fully saturated rings. The number of pyridine rings is 1. The molecule has 1 heterocycles. The predicted molar refractivity (Wildman–Crippen MR) is 81.4 cm³/mol. The van der Waals surface area contributed by atoms with Gasteiger partial charge in [-0.3, -0.25) is 4.98 Å². The van der Waals surface area contributed by atoms with E-state index in [-0.39, 0.29) is 0 Å². The lowest BCUT2D eigenvalue weighted by atomic mass is 10.1. The highest BCUT2D eigenvalue weighted by molar-refractivity contribution is 7.99. The van der Waals surface area contributed by atoms with Crippen molar-refractivity contribution in [2.75, 3.05) is 12.8 Å². The molecule has 1 aromatic heterocycles. The van der Waals surface area contributed by atoms with Crippen molar-refractivity contribution in [3.8, 4) is 0 Å². The van der Waals surface area contributed by atoms with Gasteiger partial charge in [0.1, 0.15) is 0 Å². The van der Waals surface area contributed by atoms with E-state index in [0.29, 0.717) is 5.25 Å². The van der Waals surface area contributed by atoms with Gasteiger partial charge >= 0.3 is 0 Å². The summed E-state index contributed by atoms with van der Waals surface area (Å²) in [6.45, 7) is 4.05. The second-order valence-corrected chi connectivity index (χ2v) is 5.97. The molecule has 2 aromatic rings. The molecular formula is C14H17ClN2S. The zero-order valence-electron chi connectivity index (χ0n) is 10.6. The van der Waals surface area contributed by atoms with E-state index >= 15 is 0 Å². The van der Waals surface area contributed by atoms with Gasteiger partial charge in [0, 0.05) is 34.9 Å². The molecule has 18 heavy (non-hydrogen) atoms. The Morgan fingerprint density at radius 1 is 1.39 bits per heavy atom. The Morgan fingerprint density at radius 2 is 2.22 bits per heavy atom. The van der Waals surface area contributed by atoms with Gasteiger partial charge in [-0.1, -0.05) is 24.6 Å². The van der Waals surface area contributed by atoms with E-state index in [2.05, 4.69) is 29.5 Å². The van der Waals surface area contributed by atoms with Crippen molar-refractivity contribution in [1.82, 2.24) is 10.3 Å². The molecule has 0 aliphatic carbocycles. The molecule has 0 aliphatic heterocycles. The van der Waals surface area contributed by atoms with Crippen LogP contribution in [-0.2, 0) is 6.54 Å². The fraction of sp³-hybridized carbons (Fsp3) is 0.357. The van der Waals surface area contributed by atoms with Crippen molar-refractivity contribution in [2.45, 2.75) is 18.7 Å². The molecule has 0 saturated heterocycles. The first-order chi connectivity index (χ1) is 8.72. The Kier molecular flexibility index (Phi) is 4.87. The van der Waals surface area contributed by atoms with Gasteiger partial charge in [-0.15, -0.1) is 0 Å². The summed E-state index contributed by atoms with van der Waals surface area (Å²) in [6, 6.07) is 7.93. The zero-order chi connectivity index (χ0) is 13.0. The molecule has 1 atom stereocenters. The molecule has 1 N–H and O–H groups in total. The Balaban J connectivity index is 2.16. The topological polar surface area (TPSA) is 24.9 Å². The van der Waals surface area contributed by atoms with Gasteiger partial charge in [0.15, 0.2) is 0 Å². The second-order valence-electron chi connectivity index (χ2n) is 4.28. The molecule has 0 bridgehead atoms. The maximum atomic E-state index is 6.17. The number of nitrogens with one attached hydrogen (secondary N) is 1. The van der Waals surface area contributed by atoms with Crippen molar-refractivity contribution in [3.05, 3.63) is 41.0 Å². The Labute approximate surface area is 117 Å². The quantitative estimate of drug-likeness (QED) is 0.903. The number of fused-ring (bicyclic) bond motifs is 1. The number of nitrogens with zero attached hydrogens (tertiary/aromatic N) is 1. The number of benzene rings is 1. The summed E-state index contributed by atoms with van der Waals surface area (Å²) in [7, 11) is 0. The summed E-state index contributed by atoms with van der Waals surface area (Å²) in [5.41, 5.74) is 2.19. The Morgan fingerprint density at radius 3 is 3.00 bits per heavy atom. The van der Waals surface area contributed by atoms with Gasteiger partial charge in [0.05, 0.1) is 5.52 Å². The smallest absolute Gasteiger partial charge is 0.0761 e. The predicted octanol–water partition coefficient (Wildman–Crippen LogP) is 3.73. The molecule has 4 heteroatoms. The van der Waals surface area contributed by atoms with E-state index in [9.17, 15) is 0 Å². The van der Waals surface area contributed by atoms with Crippen LogP contribution in [0, 0.1) is 0 Å². The average Bonchev–Trinajstić information content (AvgIpc) is 2.41. The fourth-order valence-electron chi connectivity index (χ4n) is 1.83. The van der Waals surface area contributed by atoms with Crippen LogP contribution in [0.1, 0.15) is 12.5 Å². The van der Waals surface area contributed by atoms with Crippen LogP contribution in [-0.4, -0.2) is 23.0 Å². The number of rotatable bonds is 5. The third kappa shape index (κ3) is 3.16. The minimum atomic E-state index is 0.622. The third-order valence-electron chi connectivity index (χ3n) is 2.95. The maximum Gasteiger partial charge on any atom is 0.0761 e. The molecular weight excluding hydrogens is 264 g/mol. The molecule has 2 nitrogen and oxygen atoms in total. The van der Waals surface area contributed by atoms with Crippen molar-refractivity contribution in [3.63, 3.8) is 0 Å². The van der Waals surface area contributed by atoms with Crippen LogP contribution in [0.25, 0.3) is 10.9 Å². The summed E-state index contributed by atoms with van der Waals surface area (Å²) in [5.74, 6) is 0. The lowest BCUT2D eigenvalue weighted by Gasteiger charge is -2.11. The van der Waals surface area contributed by atoms with E-state index in [1.807, 2.05) is 36.2 Å². The molecule has 0 saturated carbocycles. The van der Waals surface area contributed by atoms with Gasteiger partial charge in [-0.2, -0.15) is 11.8 Å². The Hall–Kier alpha value is -0.770. The lowest BCUT2D eigenvalue weighted by molar-refractivity contribution is 0.686. The Bertz CT molecular complexity index is 530. The third-order valence-corrected chi connectivity index (χ3v) is 4.25. The summed E-state index contributed by atoms with van der Waals surface area (Å²) in [5, 5.41) is 5.87. The maximum absolute atomic E-state index is 6.17. The molecule has 0 amide bonds. The van der Waals surface area contributed by atoms with Gasteiger partial charge in [-0.25, -0.2) is 0 Å². The second kappa shape index (κ2) is 6.41. The monoisotopic (exact) mass is 280 g/mol. The molecule has 0 aliphatic rings. The minimum Gasteiger partial charge on any atom is -0.312 e. The molecule has 0 spiro atoms. The minimum absolute atomic E-state index is 0.622.